The quantitative estimate of drug-likeness (QED) is 0.696. The van der Waals surface area contributed by atoms with E-state index >= 15 is 0 Å². The second-order valence-corrected chi connectivity index (χ2v) is 3.63. The standard InChI is InChI=1S/C10H20N2/c1-5-7-12(8-6-2)9-10(3,4)11/h5-8H,9,11H2,1-4H3. The van der Waals surface area contributed by atoms with E-state index in [-0.39, 0.29) is 5.54 Å². The van der Waals surface area contributed by atoms with Crippen molar-refractivity contribution in [3.63, 3.8) is 0 Å². The van der Waals surface area contributed by atoms with Gasteiger partial charge in [0.05, 0.1) is 0 Å². The van der Waals surface area contributed by atoms with Crippen LogP contribution in [-0.2, 0) is 0 Å². The zero-order valence-corrected chi connectivity index (χ0v) is 8.54. The summed E-state index contributed by atoms with van der Waals surface area (Å²) >= 11 is 0. The number of hydrogen-bond donors (Lipinski definition) is 1. The Morgan fingerprint density at radius 3 is 1.83 bits per heavy atom. The van der Waals surface area contributed by atoms with E-state index < -0.39 is 0 Å². The van der Waals surface area contributed by atoms with Gasteiger partial charge in [-0.3, -0.25) is 0 Å². The molecule has 70 valence electrons. The number of nitrogens with zero attached hydrogens (tertiary/aromatic N) is 1. The summed E-state index contributed by atoms with van der Waals surface area (Å²) in [5, 5.41) is 0. The largest absolute Gasteiger partial charge is 0.353 e. The summed E-state index contributed by atoms with van der Waals surface area (Å²) in [7, 11) is 0. The summed E-state index contributed by atoms with van der Waals surface area (Å²) in [6.07, 6.45) is 8.06. The molecule has 0 rings (SSSR count). The summed E-state index contributed by atoms with van der Waals surface area (Å²) in [5.41, 5.74) is 5.73. The van der Waals surface area contributed by atoms with Crippen LogP contribution in [0, 0.1) is 0 Å². The molecule has 0 aromatic rings. The van der Waals surface area contributed by atoms with Gasteiger partial charge in [0.1, 0.15) is 0 Å². The minimum absolute atomic E-state index is 0.154. The average Bonchev–Trinajstić information content (AvgIpc) is 1.84. The van der Waals surface area contributed by atoms with E-state index in [4.69, 9.17) is 5.73 Å². The fourth-order valence-corrected chi connectivity index (χ4v) is 1.01. The van der Waals surface area contributed by atoms with Crippen molar-refractivity contribution >= 4 is 0 Å². The highest BCUT2D eigenvalue weighted by atomic mass is 15.1. The summed E-state index contributed by atoms with van der Waals surface area (Å²) in [6.45, 7) is 8.88. The van der Waals surface area contributed by atoms with Gasteiger partial charge >= 0.3 is 0 Å². The summed E-state index contributed by atoms with van der Waals surface area (Å²) in [4.78, 5) is 2.08. The van der Waals surface area contributed by atoms with Gasteiger partial charge in [0, 0.05) is 12.1 Å². The molecule has 0 aliphatic carbocycles. The molecular formula is C10H20N2. The lowest BCUT2D eigenvalue weighted by molar-refractivity contribution is 0.372. The zero-order valence-electron chi connectivity index (χ0n) is 8.54. The van der Waals surface area contributed by atoms with Crippen molar-refractivity contribution in [1.29, 1.82) is 0 Å². The summed E-state index contributed by atoms with van der Waals surface area (Å²) < 4.78 is 0. The number of nitrogens with two attached hydrogens (primary N) is 1. The molecule has 0 aliphatic heterocycles. The van der Waals surface area contributed by atoms with Crippen LogP contribution in [0.2, 0.25) is 0 Å². The molecule has 0 aliphatic rings. The molecule has 0 amide bonds. The molecule has 2 nitrogen and oxygen atoms in total. The lowest BCUT2D eigenvalue weighted by Gasteiger charge is -2.25. The second kappa shape index (κ2) is 4.99. The van der Waals surface area contributed by atoms with E-state index in [1.807, 2.05) is 52.2 Å². The minimum atomic E-state index is -0.154. The second-order valence-electron chi connectivity index (χ2n) is 3.63. The lowest BCUT2D eigenvalue weighted by atomic mass is 10.1. The molecule has 0 bridgehead atoms. The Balaban J connectivity index is 4.14. The third-order valence-corrected chi connectivity index (χ3v) is 1.27. The molecule has 0 radical (unpaired) electrons. The third-order valence-electron chi connectivity index (χ3n) is 1.27. The number of rotatable bonds is 4. The van der Waals surface area contributed by atoms with Crippen LogP contribution in [0.25, 0.3) is 0 Å². The lowest BCUT2D eigenvalue weighted by Crippen LogP contribution is -2.41. The van der Waals surface area contributed by atoms with Crippen molar-refractivity contribution in [2.75, 3.05) is 6.54 Å². The predicted molar refractivity (Wildman–Crippen MR) is 54.6 cm³/mol. The Labute approximate surface area is 75.7 Å². The van der Waals surface area contributed by atoms with Gasteiger partial charge in [-0.25, -0.2) is 0 Å². The first-order valence-electron chi connectivity index (χ1n) is 4.30. The molecule has 0 spiro atoms. The van der Waals surface area contributed by atoms with Crippen LogP contribution in [0.1, 0.15) is 27.7 Å². The normalized spacial score (nSPS) is 13.1. The predicted octanol–water partition coefficient (Wildman–Crippen LogP) is 2.09. The van der Waals surface area contributed by atoms with Gasteiger partial charge in [-0.1, -0.05) is 12.2 Å². The number of hydrogen-bond acceptors (Lipinski definition) is 2. The Morgan fingerprint density at radius 1 is 1.17 bits per heavy atom. The van der Waals surface area contributed by atoms with Gasteiger partial charge in [0.15, 0.2) is 0 Å². The van der Waals surface area contributed by atoms with Crippen LogP contribution in [0.15, 0.2) is 24.6 Å². The minimum Gasteiger partial charge on any atom is -0.353 e. The smallest absolute Gasteiger partial charge is 0.0394 e. The fourth-order valence-electron chi connectivity index (χ4n) is 1.01. The molecule has 0 saturated carbocycles. The molecular weight excluding hydrogens is 148 g/mol. The van der Waals surface area contributed by atoms with Crippen molar-refractivity contribution in [2.45, 2.75) is 33.2 Å². The van der Waals surface area contributed by atoms with Crippen LogP contribution in [-0.4, -0.2) is 17.0 Å². The average molecular weight is 168 g/mol. The van der Waals surface area contributed by atoms with Gasteiger partial charge in [0.2, 0.25) is 0 Å². The Hall–Kier alpha value is -0.760. The van der Waals surface area contributed by atoms with Gasteiger partial charge in [0.25, 0.3) is 0 Å². The molecule has 0 aromatic heterocycles. The van der Waals surface area contributed by atoms with Gasteiger partial charge in [-0.15, -0.1) is 0 Å². The SMILES string of the molecule is CC=CN(C=CC)CC(C)(C)N. The van der Waals surface area contributed by atoms with Crippen molar-refractivity contribution in [3.8, 4) is 0 Å². The van der Waals surface area contributed by atoms with Gasteiger partial charge in [-0.05, 0) is 40.1 Å². The van der Waals surface area contributed by atoms with E-state index in [1.165, 1.54) is 0 Å². The summed E-state index contributed by atoms with van der Waals surface area (Å²) in [5.74, 6) is 0. The molecule has 12 heavy (non-hydrogen) atoms. The van der Waals surface area contributed by atoms with E-state index in [9.17, 15) is 0 Å². The molecule has 2 N–H and O–H groups in total. The van der Waals surface area contributed by atoms with Crippen molar-refractivity contribution in [2.24, 2.45) is 5.73 Å². The molecule has 0 unspecified atom stereocenters. The summed E-state index contributed by atoms with van der Waals surface area (Å²) in [6, 6.07) is 0. The Kier molecular flexibility index (Phi) is 4.67. The molecule has 0 fully saturated rings. The monoisotopic (exact) mass is 168 g/mol. The molecule has 0 saturated heterocycles. The first-order valence-corrected chi connectivity index (χ1v) is 4.30. The molecule has 2 heteroatoms. The van der Waals surface area contributed by atoms with Crippen LogP contribution in [0.4, 0.5) is 0 Å². The maximum Gasteiger partial charge on any atom is 0.0394 e. The van der Waals surface area contributed by atoms with Crippen LogP contribution in [0.3, 0.4) is 0 Å². The van der Waals surface area contributed by atoms with E-state index in [0.717, 1.165) is 6.54 Å². The van der Waals surface area contributed by atoms with Gasteiger partial charge in [-0.2, -0.15) is 0 Å². The maximum absolute atomic E-state index is 5.89. The van der Waals surface area contributed by atoms with Crippen LogP contribution in [0.5, 0.6) is 0 Å². The topological polar surface area (TPSA) is 29.3 Å². The van der Waals surface area contributed by atoms with E-state index in [0.29, 0.717) is 0 Å². The highest BCUT2D eigenvalue weighted by Gasteiger charge is 2.12. The molecule has 0 aromatic carbocycles. The van der Waals surface area contributed by atoms with E-state index in [2.05, 4.69) is 4.90 Å². The van der Waals surface area contributed by atoms with Crippen molar-refractivity contribution < 1.29 is 0 Å². The van der Waals surface area contributed by atoms with E-state index in [1.54, 1.807) is 0 Å². The number of allylic oxidation sites excluding steroid dienone is 2. The fraction of sp³-hybridized carbons (Fsp3) is 0.600. The maximum atomic E-state index is 5.89. The first-order chi connectivity index (χ1) is 5.49. The van der Waals surface area contributed by atoms with Crippen molar-refractivity contribution in [3.05, 3.63) is 24.6 Å². The highest BCUT2D eigenvalue weighted by Crippen LogP contribution is 2.02. The third kappa shape index (κ3) is 5.98. The van der Waals surface area contributed by atoms with Gasteiger partial charge < -0.3 is 10.6 Å². The Bertz CT molecular complexity index is 151. The first kappa shape index (κ1) is 11.2. The van der Waals surface area contributed by atoms with Crippen LogP contribution >= 0.6 is 0 Å². The molecule has 0 heterocycles. The zero-order chi connectivity index (χ0) is 9.61. The molecule has 0 atom stereocenters. The van der Waals surface area contributed by atoms with Crippen LogP contribution < -0.4 is 5.73 Å². The Morgan fingerprint density at radius 2 is 1.58 bits per heavy atom. The van der Waals surface area contributed by atoms with Crippen molar-refractivity contribution in [1.82, 2.24) is 4.90 Å². The highest BCUT2D eigenvalue weighted by molar-refractivity contribution is 4.93.